The van der Waals surface area contributed by atoms with Crippen LogP contribution in [-0.2, 0) is 15.6 Å². The Morgan fingerprint density at radius 3 is 2.33 bits per heavy atom. The van der Waals surface area contributed by atoms with Gasteiger partial charge in [0.2, 0.25) is 0 Å². The van der Waals surface area contributed by atoms with Gasteiger partial charge in [0.15, 0.2) is 0 Å². The van der Waals surface area contributed by atoms with E-state index in [1.165, 1.54) is 6.08 Å². The molecule has 0 aliphatic rings. The molecule has 78 valence electrons. The van der Waals surface area contributed by atoms with Gasteiger partial charge in [0.05, 0.1) is 10.8 Å². The van der Waals surface area contributed by atoms with Crippen LogP contribution in [0.25, 0.3) is 0 Å². The Kier molecular flexibility index (Phi) is 4.71. The van der Waals surface area contributed by atoms with E-state index in [-0.39, 0.29) is 0 Å². The maximum atomic E-state index is 11.6. The molecule has 0 heterocycles. The van der Waals surface area contributed by atoms with E-state index in [0.717, 1.165) is 10.5 Å². The van der Waals surface area contributed by atoms with Gasteiger partial charge in [0.25, 0.3) is 0 Å². The van der Waals surface area contributed by atoms with E-state index in [4.69, 9.17) is 0 Å². The minimum atomic E-state index is -1.14. The number of carbonyl (C=O) groups excluding carboxylic acids is 1. The molecule has 1 atom stereocenters. The Balaban J connectivity index is 2.69. The second-order valence-corrected chi connectivity index (χ2v) is 4.30. The van der Waals surface area contributed by atoms with Gasteiger partial charge in [-0.3, -0.25) is 4.79 Å². The molecule has 0 bridgehead atoms. The van der Waals surface area contributed by atoms with Crippen LogP contribution < -0.4 is 0 Å². The lowest BCUT2D eigenvalue weighted by Gasteiger charge is -1.96. The lowest BCUT2D eigenvalue weighted by molar-refractivity contribution is -0.104. The van der Waals surface area contributed by atoms with Gasteiger partial charge in [0.1, 0.15) is 6.29 Å². The van der Waals surface area contributed by atoms with Crippen LogP contribution in [0.15, 0.2) is 52.8 Å². The molecule has 15 heavy (non-hydrogen) atoms. The fourth-order valence-electron chi connectivity index (χ4n) is 0.977. The van der Waals surface area contributed by atoms with Crippen LogP contribution in [0.5, 0.6) is 0 Å². The molecule has 2 nitrogen and oxygen atoms in total. The van der Waals surface area contributed by atoms with Crippen LogP contribution in [0.4, 0.5) is 0 Å². The van der Waals surface area contributed by atoms with Crippen molar-refractivity contribution in [3.05, 3.63) is 53.5 Å². The first-order valence-corrected chi connectivity index (χ1v) is 5.71. The highest BCUT2D eigenvalue weighted by Crippen LogP contribution is 2.08. The molecule has 0 amide bonds. The second-order valence-electron chi connectivity index (χ2n) is 2.96. The molecule has 1 rings (SSSR count). The van der Waals surface area contributed by atoms with Crippen molar-refractivity contribution in [3.63, 3.8) is 0 Å². The Morgan fingerprint density at radius 2 is 1.73 bits per heavy atom. The highest BCUT2D eigenvalue weighted by Gasteiger charge is 1.97. The molecule has 3 heteroatoms. The number of aryl methyl sites for hydroxylation is 1. The van der Waals surface area contributed by atoms with Gasteiger partial charge in [-0.15, -0.1) is 0 Å². The number of benzene rings is 1. The highest BCUT2D eigenvalue weighted by molar-refractivity contribution is 7.88. The van der Waals surface area contributed by atoms with Crippen LogP contribution in [-0.4, -0.2) is 10.5 Å². The van der Waals surface area contributed by atoms with Crippen molar-refractivity contribution >= 4 is 17.1 Å². The molecule has 0 radical (unpaired) electrons. The Labute approximate surface area is 91.8 Å². The Bertz CT molecular complexity index is 402. The van der Waals surface area contributed by atoms with E-state index >= 15 is 0 Å². The fourth-order valence-corrected chi connectivity index (χ4v) is 1.77. The van der Waals surface area contributed by atoms with Crippen LogP contribution in [0, 0.1) is 6.92 Å². The van der Waals surface area contributed by atoms with Gasteiger partial charge in [-0.2, -0.15) is 0 Å². The van der Waals surface area contributed by atoms with Crippen molar-refractivity contribution in [1.29, 1.82) is 0 Å². The zero-order chi connectivity index (χ0) is 11.1. The number of hydrogen-bond donors (Lipinski definition) is 0. The molecular formula is C12H12O2S. The van der Waals surface area contributed by atoms with Gasteiger partial charge < -0.3 is 0 Å². The minimum absolute atomic E-state index is 0.680. The second kappa shape index (κ2) is 6.09. The molecule has 0 unspecified atom stereocenters. The molecule has 0 aliphatic carbocycles. The third-order valence-corrected chi connectivity index (χ3v) is 2.90. The van der Waals surface area contributed by atoms with E-state index in [2.05, 4.69) is 0 Å². The summed E-state index contributed by atoms with van der Waals surface area (Å²) in [5.41, 5.74) is 1.14. The average Bonchev–Trinajstić information content (AvgIpc) is 2.25. The van der Waals surface area contributed by atoms with Crippen molar-refractivity contribution in [2.75, 3.05) is 0 Å². The maximum absolute atomic E-state index is 11.6. The fraction of sp³-hybridized carbons (Fsp3) is 0.0833. The van der Waals surface area contributed by atoms with E-state index in [9.17, 15) is 9.00 Å². The largest absolute Gasteiger partial charge is 0.299 e. The average molecular weight is 220 g/mol. The van der Waals surface area contributed by atoms with Gasteiger partial charge in [-0.1, -0.05) is 29.8 Å². The summed E-state index contributed by atoms with van der Waals surface area (Å²) < 4.78 is 11.6. The van der Waals surface area contributed by atoms with Crippen LogP contribution in [0.3, 0.4) is 0 Å². The monoisotopic (exact) mass is 220 g/mol. The summed E-state index contributed by atoms with van der Waals surface area (Å²) in [5.74, 6) is 0. The summed E-state index contributed by atoms with van der Waals surface area (Å²) in [7, 11) is -1.14. The molecule has 1 aromatic rings. The lowest BCUT2D eigenvalue weighted by Crippen LogP contribution is -1.85. The first-order chi connectivity index (χ1) is 7.24. The van der Waals surface area contributed by atoms with Crippen LogP contribution in [0.2, 0.25) is 0 Å². The first kappa shape index (κ1) is 11.6. The highest BCUT2D eigenvalue weighted by atomic mass is 32.2. The standard InChI is InChI=1S/C12H12O2S/c1-11-5-7-12(8-6-11)15(14)10-4-2-3-9-13/h2-10H,1H3/b3-2+,10-4-/t15-/m1/s1. The quantitative estimate of drug-likeness (QED) is 0.443. The van der Waals surface area contributed by atoms with Gasteiger partial charge in [-0.25, -0.2) is 4.21 Å². The summed E-state index contributed by atoms with van der Waals surface area (Å²) in [5, 5.41) is 1.55. The van der Waals surface area contributed by atoms with Gasteiger partial charge in [-0.05, 0) is 25.1 Å². The van der Waals surface area contributed by atoms with Crippen molar-refractivity contribution in [1.82, 2.24) is 0 Å². The lowest BCUT2D eigenvalue weighted by atomic mass is 10.2. The van der Waals surface area contributed by atoms with Crippen molar-refractivity contribution in [2.45, 2.75) is 11.8 Å². The van der Waals surface area contributed by atoms with E-state index in [0.29, 0.717) is 6.29 Å². The molecule has 0 spiro atoms. The van der Waals surface area contributed by atoms with E-state index in [1.54, 1.807) is 17.6 Å². The number of hydrogen-bond acceptors (Lipinski definition) is 2. The van der Waals surface area contributed by atoms with Crippen LogP contribution in [0.1, 0.15) is 5.56 Å². The van der Waals surface area contributed by atoms with E-state index < -0.39 is 10.8 Å². The van der Waals surface area contributed by atoms with Crippen LogP contribution >= 0.6 is 0 Å². The topological polar surface area (TPSA) is 34.1 Å². The molecule has 0 saturated heterocycles. The number of rotatable bonds is 4. The predicted molar refractivity (Wildman–Crippen MR) is 61.9 cm³/mol. The zero-order valence-corrected chi connectivity index (χ0v) is 9.24. The number of aldehydes is 1. The Morgan fingerprint density at radius 1 is 1.07 bits per heavy atom. The molecule has 1 aromatic carbocycles. The summed E-state index contributed by atoms with van der Waals surface area (Å²) in [6, 6.07) is 7.50. The molecule has 0 N–H and O–H groups in total. The van der Waals surface area contributed by atoms with Crippen molar-refractivity contribution in [3.8, 4) is 0 Å². The summed E-state index contributed by atoms with van der Waals surface area (Å²) in [6.07, 6.45) is 5.19. The zero-order valence-electron chi connectivity index (χ0n) is 8.42. The molecule has 0 aromatic heterocycles. The third-order valence-electron chi connectivity index (χ3n) is 1.76. The summed E-state index contributed by atoms with van der Waals surface area (Å²) in [6.45, 7) is 1.98. The molecule has 0 saturated carbocycles. The molecule has 0 aliphatic heterocycles. The summed E-state index contributed by atoms with van der Waals surface area (Å²) >= 11 is 0. The maximum Gasteiger partial charge on any atom is 0.142 e. The molecule has 0 fully saturated rings. The van der Waals surface area contributed by atoms with E-state index in [1.807, 2.05) is 31.2 Å². The SMILES string of the molecule is Cc1ccc([S@](=O)/C=C\C=C\C=O)cc1. The van der Waals surface area contributed by atoms with Crippen molar-refractivity contribution < 1.29 is 9.00 Å². The first-order valence-electron chi connectivity index (χ1n) is 4.50. The minimum Gasteiger partial charge on any atom is -0.299 e. The number of allylic oxidation sites excluding steroid dienone is 3. The number of carbonyl (C=O) groups is 1. The van der Waals surface area contributed by atoms with Crippen molar-refractivity contribution in [2.24, 2.45) is 0 Å². The Hall–Kier alpha value is -1.48. The molecular weight excluding hydrogens is 208 g/mol. The third kappa shape index (κ3) is 4.04. The smallest absolute Gasteiger partial charge is 0.142 e. The normalized spacial score (nSPS) is 13.4. The van der Waals surface area contributed by atoms with Gasteiger partial charge >= 0.3 is 0 Å². The van der Waals surface area contributed by atoms with Gasteiger partial charge in [0, 0.05) is 10.3 Å². The summed E-state index contributed by atoms with van der Waals surface area (Å²) in [4.78, 5) is 10.7. The predicted octanol–water partition coefficient (Wildman–Crippen LogP) is 2.37.